The second kappa shape index (κ2) is 8.00. The van der Waals surface area contributed by atoms with Crippen LogP contribution in [0.15, 0.2) is 29.9 Å². The number of nitrogens with one attached hydrogen (secondary N) is 1. The van der Waals surface area contributed by atoms with Gasteiger partial charge in [0.05, 0.1) is 17.0 Å². The van der Waals surface area contributed by atoms with Gasteiger partial charge in [-0.3, -0.25) is 4.98 Å². The Kier molecular flexibility index (Phi) is 6.02. The fraction of sp³-hybridized carbons (Fsp3) is 0.438. The van der Waals surface area contributed by atoms with Gasteiger partial charge < -0.3 is 14.8 Å². The maximum absolute atomic E-state index is 5.84. The Labute approximate surface area is 130 Å². The Morgan fingerprint density at radius 2 is 2.10 bits per heavy atom. The Bertz CT molecular complexity index is 541. The molecule has 0 atom stereocenters. The second-order valence-electron chi connectivity index (χ2n) is 5.01. The van der Waals surface area contributed by atoms with Crippen LogP contribution in [0.3, 0.4) is 0 Å². The van der Waals surface area contributed by atoms with Crippen LogP contribution in [0.5, 0.6) is 11.5 Å². The third-order valence-corrected chi connectivity index (χ3v) is 3.63. The number of aromatic nitrogens is 1. The molecule has 4 nitrogen and oxygen atoms in total. The smallest absolute Gasteiger partial charge is 0.161 e. The maximum Gasteiger partial charge on any atom is 0.161 e. The average Bonchev–Trinajstić information content (AvgIpc) is 2.97. The highest BCUT2D eigenvalue weighted by Gasteiger charge is 2.08. The first-order valence-corrected chi connectivity index (χ1v) is 8.06. The van der Waals surface area contributed by atoms with Crippen molar-refractivity contribution in [3.8, 4) is 11.5 Å². The highest BCUT2D eigenvalue weighted by Crippen LogP contribution is 2.29. The van der Waals surface area contributed by atoms with E-state index in [9.17, 15) is 0 Å². The van der Waals surface area contributed by atoms with Crippen molar-refractivity contribution in [1.82, 2.24) is 10.3 Å². The number of hydrogen-bond acceptors (Lipinski definition) is 5. The topological polar surface area (TPSA) is 43.4 Å². The van der Waals surface area contributed by atoms with E-state index in [0.29, 0.717) is 19.3 Å². The Hall–Kier alpha value is -1.59. The highest BCUT2D eigenvalue weighted by molar-refractivity contribution is 7.09. The van der Waals surface area contributed by atoms with Gasteiger partial charge in [-0.1, -0.05) is 19.9 Å². The molecule has 0 bridgehead atoms. The summed E-state index contributed by atoms with van der Waals surface area (Å²) in [5.74, 6) is 1.57. The lowest BCUT2D eigenvalue weighted by molar-refractivity contribution is 0.271. The molecule has 0 radical (unpaired) electrons. The second-order valence-corrected chi connectivity index (χ2v) is 5.98. The lowest BCUT2D eigenvalue weighted by atomic mass is 10.2. The van der Waals surface area contributed by atoms with Crippen molar-refractivity contribution in [3.63, 3.8) is 0 Å². The predicted octanol–water partition coefficient (Wildman–Crippen LogP) is 3.62. The molecule has 0 aliphatic carbocycles. The van der Waals surface area contributed by atoms with E-state index in [4.69, 9.17) is 9.47 Å². The van der Waals surface area contributed by atoms with Crippen LogP contribution in [-0.4, -0.2) is 17.6 Å². The largest absolute Gasteiger partial charge is 0.490 e. The van der Waals surface area contributed by atoms with Gasteiger partial charge in [0, 0.05) is 18.8 Å². The monoisotopic (exact) mass is 306 g/mol. The molecule has 114 valence electrons. The summed E-state index contributed by atoms with van der Waals surface area (Å²) in [5, 5.41) is 3.40. The van der Waals surface area contributed by atoms with E-state index in [1.165, 1.54) is 5.56 Å². The van der Waals surface area contributed by atoms with Crippen LogP contribution >= 0.6 is 11.3 Å². The van der Waals surface area contributed by atoms with E-state index in [1.54, 1.807) is 11.3 Å². The van der Waals surface area contributed by atoms with Crippen LogP contribution in [0.2, 0.25) is 0 Å². The minimum absolute atomic E-state index is 0.461. The van der Waals surface area contributed by atoms with Crippen LogP contribution in [-0.2, 0) is 13.2 Å². The third-order valence-electron chi connectivity index (χ3n) is 2.88. The molecule has 0 unspecified atom stereocenters. The van der Waals surface area contributed by atoms with Crippen molar-refractivity contribution in [1.29, 1.82) is 0 Å². The van der Waals surface area contributed by atoms with Crippen LogP contribution in [0.25, 0.3) is 0 Å². The Morgan fingerprint density at radius 1 is 1.24 bits per heavy atom. The molecule has 0 spiro atoms. The maximum atomic E-state index is 5.84. The van der Waals surface area contributed by atoms with E-state index in [2.05, 4.69) is 30.2 Å². The van der Waals surface area contributed by atoms with Gasteiger partial charge in [-0.25, -0.2) is 0 Å². The Morgan fingerprint density at radius 3 is 2.76 bits per heavy atom. The molecule has 1 aromatic carbocycles. The zero-order chi connectivity index (χ0) is 15.1. The van der Waals surface area contributed by atoms with E-state index in [0.717, 1.165) is 22.9 Å². The molecule has 1 aromatic heterocycles. The summed E-state index contributed by atoms with van der Waals surface area (Å²) >= 11 is 1.59. The summed E-state index contributed by atoms with van der Waals surface area (Å²) in [5.41, 5.74) is 3.00. The number of ether oxygens (including phenoxy) is 2. The number of nitrogens with zero attached hydrogens (tertiary/aromatic N) is 1. The molecule has 0 saturated heterocycles. The minimum atomic E-state index is 0.461. The molecule has 0 saturated carbocycles. The fourth-order valence-electron chi connectivity index (χ4n) is 1.83. The number of thiazole rings is 1. The van der Waals surface area contributed by atoms with E-state index < -0.39 is 0 Å². The summed E-state index contributed by atoms with van der Waals surface area (Å²) in [6.45, 7) is 8.22. The molecule has 2 aromatic rings. The minimum Gasteiger partial charge on any atom is -0.490 e. The van der Waals surface area contributed by atoms with Gasteiger partial charge in [0.1, 0.15) is 6.61 Å². The number of benzene rings is 1. The lowest BCUT2D eigenvalue weighted by Crippen LogP contribution is -2.21. The number of hydrogen-bond donors (Lipinski definition) is 1. The molecule has 0 aliphatic rings. The van der Waals surface area contributed by atoms with Crippen LogP contribution < -0.4 is 14.8 Å². The third kappa shape index (κ3) is 5.02. The predicted molar refractivity (Wildman–Crippen MR) is 86.0 cm³/mol. The fourth-order valence-corrected chi connectivity index (χ4v) is 2.34. The molecule has 21 heavy (non-hydrogen) atoms. The van der Waals surface area contributed by atoms with Crippen molar-refractivity contribution in [3.05, 3.63) is 40.3 Å². The SMILES string of the molecule is CCOc1cc(CNC(C)C)ccc1OCc1cncs1. The molecule has 2 rings (SSSR count). The molecule has 0 aliphatic heterocycles. The van der Waals surface area contributed by atoms with Crippen LogP contribution in [0, 0.1) is 0 Å². The average molecular weight is 306 g/mol. The van der Waals surface area contributed by atoms with Gasteiger partial charge in [0.15, 0.2) is 11.5 Å². The first kappa shape index (κ1) is 15.8. The molecule has 5 heteroatoms. The quantitative estimate of drug-likeness (QED) is 0.809. The van der Waals surface area contributed by atoms with Gasteiger partial charge in [0.25, 0.3) is 0 Å². The lowest BCUT2D eigenvalue weighted by Gasteiger charge is -2.14. The highest BCUT2D eigenvalue weighted by atomic mass is 32.1. The zero-order valence-electron chi connectivity index (χ0n) is 12.8. The molecule has 0 amide bonds. The summed E-state index contributed by atoms with van der Waals surface area (Å²) in [6.07, 6.45) is 1.83. The molecule has 0 fully saturated rings. The van der Waals surface area contributed by atoms with Crippen molar-refractivity contribution in [2.75, 3.05) is 6.61 Å². The summed E-state index contributed by atoms with van der Waals surface area (Å²) in [6, 6.07) is 6.55. The normalized spacial score (nSPS) is 10.9. The molecular formula is C16H22N2O2S. The molecular weight excluding hydrogens is 284 g/mol. The first-order valence-electron chi connectivity index (χ1n) is 7.18. The van der Waals surface area contributed by atoms with Gasteiger partial charge in [-0.05, 0) is 24.6 Å². The first-order chi connectivity index (χ1) is 10.2. The van der Waals surface area contributed by atoms with Crippen LogP contribution in [0.1, 0.15) is 31.2 Å². The van der Waals surface area contributed by atoms with Gasteiger partial charge >= 0.3 is 0 Å². The molecule has 1 heterocycles. The van der Waals surface area contributed by atoms with Gasteiger partial charge in [0.2, 0.25) is 0 Å². The van der Waals surface area contributed by atoms with E-state index in [1.807, 2.05) is 30.8 Å². The van der Waals surface area contributed by atoms with Crippen molar-refractivity contribution in [2.24, 2.45) is 0 Å². The van der Waals surface area contributed by atoms with E-state index >= 15 is 0 Å². The van der Waals surface area contributed by atoms with E-state index in [-0.39, 0.29) is 0 Å². The summed E-state index contributed by atoms with van der Waals surface area (Å²) < 4.78 is 11.5. The zero-order valence-corrected chi connectivity index (χ0v) is 13.6. The standard InChI is InChI=1S/C16H22N2O2S/c1-4-19-16-7-13(8-18-12(2)3)5-6-15(16)20-10-14-9-17-11-21-14/h5-7,9,11-12,18H,4,8,10H2,1-3H3. The number of rotatable bonds is 8. The van der Waals surface area contributed by atoms with Crippen molar-refractivity contribution >= 4 is 11.3 Å². The van der Waals surface area contributed by atoms with Gasteiger partial charge in [-0.15, -0.1) is 11.3 Å². The van der Waals surface area contributed by atoms with Crippen LogP contribution in [0.4, 0.5) is 0 Å². The summed E-state index contributed by atoms with van der Waals surface area (Å²) in [7, 11) is 0. The Balaban J connectivity index is 2.04. The van der Waals surface area contributed by atoms with Crippen molar-refractivity contribution in [2.45, 2.75) is 40.0 Å². The molecule has 1 N–H and O–H groups in total. The van der Waals surface area contributed by atoms with Gasteiger partial charge in [-0.2, -0.15) is 0 Å². The van der Waals surface area contributed by atoms with Crippen molar-refractivity contribution < 1.29 is 9.47 Å². The summed E-state index contributed by atoms with van der Waals surface area (Å²) in [4.78, 5) is 5.15.